The molecular weight excluding hydrogens is 276 g/mol. The summed E-state index contributed by atoms with van der Waals surface area (Å²) < 4.78 is 29.0. The number of hydrogen-bond acceptors (Lipinski definition) is 5. The van der Waals surface area contributed by atoms with Gasteiger partial charge >= 0.3 is 0 Å². The highest BCUT2D eigenvalue weighted by atomic mass is 32.2. The minimum atomic E-state index is -2.83. The van der Waals surface area contributed by atoms with Crippen molar-refractivity contribution >= 4 is 9.84 Å². The van der Waals surface area contributed by atoms with Crippen molar-refractivity contribution in [3.05, 3.63) is 0 Å². The van der Waals surface area contributed by atoms with Gasteiger partial charge in [-0.2, -0.15) is 0 Å². The molecule has 2 saturated heterocycles. The van der Waals surface area contributed by atoms with Gasteiger partial charge in [0.1, 0.15) is 0 Å². The third-order valence-corrected chi connectivity index (χ3v) is 5.76. The molecule has 0 radical (unpaired) electrons. The average Bonchev–Trinajstić information content (AvgIpc) is 2.35. The number of nitrogens with one attached hydrogen (secondary N) is 1. The quantitative estimate of drug-likeness (QED) is 0.802. The maximum absolute atomic E-state index is 11.6. The smallest absolute Gasteiger partial charge is 0.151 e. The third kappa shape index (κ3) is 5.31. The standard InChI is InChI=1S/C14H28N2O3S/c1-12(2)9-16-5-6-19-14(10-16)8-15-13-4-3-7-20(17,18)11-13/h12-15H,3-11H2,1-2H3. The average molecular weight is 304 g/mol. The van der Waals surface area contributed by atoms with Crippen LogP contribution in [0.4, 0.5) is 0 Å². The van der Waals surface area contributed by atoms with Gasteiger partial charge in [-0.3, -0.25) is 4.90 Å². The van der Waals surface area contributed by atoms with Crippen molar-refractivity contribution < 1.29 is 13.2 Å². The van der Waals surface area contributed by atoms with Crippen LogP contribution in [-0.2, 0) is 14.6 Å². The predicted octanol–water partition coefficient (Wildman–Crippen LogP) is 0.510. The Morgan fingerprint density at radius 3 is 2.90 bits per heavy atom. The fourth-order valence-corrected chi connectivity index (χ4v) is 4.74. The Bertz CT molecular complexity index is 397. The van der Waals surface area contributed by atoms with Crippen LogP contribution < -0.4 is 5.32 Å². The van der Waals surface area contributed by atoms with Crippen LogP contribution >= 0.6 is 0 Å². The summed E-state index contributed by atoms with van der Waals surface area (Å²) in [5, 5.41) is 3.39. The maximum atomic E-state index is 11.6. The highest BCUT2D eigenvalue weighted by Crippen LogP contribution is 2.13. The van der Waals surface area contributed by atoms with Crippen molar-refractivity contribution in [2.75, 3.05) is 44.3 Å². The molecule has 0 bridgehead atoms. The third-order valence-electron chi connectivity index (χ3n) is 3.94. The predicted molar refractivity (Wildman–Crippen MR) is 80.7 cm³/mol. The molecule has 2 atom stereocenters. The van der Waals surface area contributed by atoms with Crippen LogP contribution in [0.15, 0.2) is 0 Å². The van der Waals surface area contributed by atoms with Crippen molar-refractivity contribution in [2.45, 2.75) is 38.8 Å². The van der Waals surface area contributed by atoms with Gasteiger partial charge in [-0.25, -0.2) is 8.42 Å². The first-order valence-corrected chi connectivity index (χ1v) is 9.54. The van der Waals surface area contributed by atoms with Crippen LogP contribution in [-0.4, -0.2) is 69.8 Å². The van der Waals surface area contributed by atoms with E-state index in [0.29, 0.717) is 11.7 Å². The SMILES string of the molecule is CC(C)CN1CCOC(CNC2CCCS(=O)(=O)C2)C1. The Morgan fingerprint density at radius 2 is 2.20 bits per heavy atom. The van der Waals surface area contributed by atoms with Gasteiger partial charge in [0.05, 0.1) is 24.2 Å². The lowest BCUT2D eigenvalue weighted by Gasteiger charge is -2.35. The zero-order valence-corrected chi connectivity index (χ0v) is 13.5. The van der Waals surface area contributed by atoms with Crippen LogP contribution in [0.25, 0.3) is 0 Å². The molecule has 0 aliphatic carbocycles. The Kier molecular flexibility index (Phi) is 5.84. The van der Waals surface area contributed by atoms with Gasteiger partial charge in [0.15, 0.2) is 9.84 Å². The van der Waals surface area contributed by atoms with Gasteiger partial charge < -0.3 is 10.1 Å². The molecule has 2 aliphatic heterocycles. The molecule has 118 valence electrons. The number of morpholine rings is 1. The topological polar surface area (TPSA) is 58.6 Å². The summed E-state index contributed by atoms with van der Waals surface area (Å²) in [6.07, 6.45) is 1.93. The second-order valence-corrected chi connectivity index (χ2v) is 8.74. The lowest BCUT2D eigenvalue weighted by molar-refractivity contribution is -0.0311. The Balaban J connectivity index is 1.73. The summed E-state index contributed by atoms with van der Waals surface area (Å²) in [5.74, 6) is 1.31. The van der Waals surface area contributed by atoms with Gasteiger partial charge in [0, 0.05) is 32.2 Å². The number of hydrogen-bond donors (Lipinski definition) is 1. The zero-order valence-electron chi connectivity index (χ0n) is 12.7. The van der Waals surface area contributed by atoms with Gasteiger partial charge in [-0.1, -0.05) is 13.8 Å². The van der Waals surface area contributed by atoms with Gasteiger partial charge in [-0.15, -0.1) is 0 Å². The van der Waals surface area contributed by atoms with E-state index in [2.05, 4.69) is 24.1 Å². The fourth-order valence-electron chi connectivity index (χ4n) is 3.07. The lowest BCUT2D eigenvalue weighted by Crippen LogP contribution is -2.50. The fraction of sp³-hybridized carbons (Fsp3) is 1.00. The van der Waals surface area contributed by atoms with Crippen molar-refractivity contribution in [3.63, 3.8) is 0 Å². The molecule has 0 aromatic rings. The zero-order chi connectivity index (χ0) is 14.6. The van der Waals surface area contributed by atoms with Crippen LogP contribution in [0, 0.1) is 5.92 Å². The molecule has 20 heavy (non-hydrogen) atoms. The monoisotopic (exact) mass is 304 g/mol. The number of sulfone groups is 1. The molecular formula is C14H28N2O3S. The van der Waals surface area contributed by atoms with E-state index < -0.39 is 9.84 Å². The highest BCUT2D eigenvalue weighted by Gasteiger charge is 2.26. The first-order chi connectivity index (χ1) is 9.44. The minimum Gasteiger partial charge on any atom is -0.374 e. The molecule has 0 spiro atoms. The first-order valence-electron chi connectivity index (χ1n) is 7.72. The largest absolute Gasteiger partial charge is 0.374 e. The molecule has 0 aromatic carbocycles. The molecule has 0 amide bonds. The Labute approximate surface area is 123 Å². The summed E-state index contributed by atoms with van der Waals surface area (Å²) in [6.45, 7) is 9.07. The molecule has 2 fully saturated rings. The van der Waals surface area contributed by atoms with E-state index in [0.717, 1.165) is 45.6 Å². The van der Waals surface area contributed by atoms with E-state index in [1.54, 1.807) is 0 Å². The summed E-state index contributed by atoms with van der Waals surface area (Å²) >= 11 is 0. The van der Waals surface area contributed by atoms with E-state index in [1.807, 2.05) is 0 Å². The van der Waals surface area contributed by atoms with Crippen LogP contribution in [0.1, 0.15) is 26.7 Å². The number of nitrogens with zero attached hydrogens (tertiary/aromatic N) is 1. The van der Waals surface area contributed by atoms with Crippen LogP contribution in [0.5, 0.6) is 0 Å². The van der Waals surface area contributed by atoms with Crippen molar-refractivity contribution in [2.24, 2.45) is 5.92 Å². The second-order valence-electron chi connectivity index (χ2n) is 6.51. The van der Waals surface area contributed by atoms with E-state index in [4.69, 9.17) is 4.74 Å². The summed E-state index contributed by atoms with van der Waals surface area (Å²) in [4.78, 5) is 2.44. The normalized spacial score (nSPS) is 31.6. The highest BCUT2D eigenvalue weighted by molar-refractivity contribution is 7.91. The molecule has 0 aromatic heterocycles. The molecule has 2 rings (SSSR count). The number of rotatable bonds is 5. The molecule has 2 aliphatic rings. The van der Waals surface area contributed by atoms with Crippen molar-refractivity contribution in [3.8, 4) is 0 Å². The summed E-state index contributed by atoms with van der Waals surface area (Å²) in [6, 6.07) is 0.109. The first kappa shape index (κ1) is 16.2. The van der Waals surface area contributed by atoms with Crippen LogP contribution in [0.3, 0.4) is 0 Å². The van der Waals surface area contributed by atoms with Crippen molar-refractivity contribution in [1.82, 2.24) is 10.2 Å². The van der Waals surface area contributed by atoms with E-state index in [1.165, 1.54) is 0 Å². The van der Waals surface area contributed by atoms with Gasteiger partial charge in [0.25, 0.3) is 0 Å². The molecule has 2 heterocycles. The number of ether oxygens (including phenoxy) is 1. The summed E-state index contributed by atoms with van der Waals surface area (Å²) in [7, 11) is -2.83. The van der Waals surface area contributed by atoms with Crippen LogP contribution in [0.2, 0.25) is 0 Å². The summed E-state index contributed by atoms with van der Waals surface area (Å²) in [5.41, 5.74) is 0. The van der Waals surface area contributed by atoms with E-state index in [-0.39, 0.29) is 17.9 Å². The molecule has 6 heteroatoms. The maximum Gasteiger partial charge on any atom is 0.151 e. The Hall–Kier alpha value is -0.170. The second kappa shape index (κ2) is 7.20. The van der Waals surface area contributed by atoms with Gasteiger partial charge in [0.2, 0.25) is 0 Å². The lowest BCUT2D eigenvalue weighted by atomic mass is 10.1. The molecule has 0 saturated carbocycles. The molecule has 2 unspecified atom stereocenters. The molecule has 1 N–H and O–H groups in total. The van der Waals surface area contributed by atoms with E-state index >= 15 is 0 Å². The van der Waals surface area contributed by atoms with Gasteiger partial charge in [-0.05, 0) is 18.8 Å². The van der Waals surface area contributed by atoms with E-state index in [9.17, 15) is 8.42 Å². The minimum absolute atomic E-state index is 0.109. The molecule has 5 nitrogen and oxygen atoms in total. The van der Waals surface area contributed by atoms with Crippen molar-refractivity contribution in [1.29, 1.82) is 0 Å². The Morgan fingerprint density at radius 1 is 1.40 bits per heavy atom.